The number of carbonyl (C=O) groups is 1. The van der Waals surface area contributed by atoms with Gasteiger partial charge < -0.3 is 15.0 Å². The molecule has 1 atom stereocenters. The summed E-state index contributed by atoms with van der Waals surface area (Å²) in [5.74, 6) is -1.83. The highest BCUT2D eigenvalue weighted by molar-refractivity contribution is 5.79. The van der Waals surface area contributed by atoms with Gasteiger partial charge in [-0.05, 0) is 30.2 Å². The van der Waals surface area contributed by atoms with Crippen molar-refractivity contribution in [1.82, 2.24) is 10.2 Å². The predicted molar refractivity (Wildman–Crippen MR) is 70.0 cm³/mol. The number of benzene rings is 1. The fourth-order valence-electron chi connectivity index (χ4n) is 2.34. The van der Waals surface area contributed by atoms with Gasteiger partial charge in [0.05, 0.1) is 12.6 Å². The van der Waals surface area contributed by atoms with Crippen molar-refractivity contribution in [3.05, 3.63) is 46.7 Å². The lowest BCUT2D eigenvalue weighted by molar-refractivity contribution is 0.180. The van der Waals surface area contributed by atoms with Crippen LogP contribution < -0.4 is 5.32 Å². The lowest BCUT2D eigenvalue weighted by atomic mass is 9.95. The van der Waals surface area contributed by atoms with Gasteiger partial charge in [-0.15, -0.1) is 0 Å². The van der Waals surface area contributed by atoms with Crippen LogP contribution in [0, 0.1) is 11.6 Å². The number of methoxy groups -OCH3 is 1. The molecule has 1 unspecified atom stereocenters. The summed E-state index contributed by atoms with van der Waals surface area (Å²) in [5, 5.41) is 2.72. The Morgan fingerprint density at radius 2 is 2.05 bits per heavy atom. The fraction of sp³-hybridized carbons (Fsp3) is 0.357. The van der Waals surface area contributed by atoms with Gasteiger partial charge in [-0.25, -0.2) is 13.6 Å². The molecule has 108 valence electrons. The number of ether oxygens (including phenoxy) is 1. The number of hydrogen-bond donors (Lipinski definition) is 1. The number of halogens is 2. The highest BCUT2D eigenvalue weighted by Gasteiger charge is 2.31. The summed E-state index contributed by atoms with van der Waals surface area (Å²) in [6.07, 6.45) is 0. The first-order chi connectivity index (χ1) is 9.45. The molecule has 1 heterocycles. The van der Waals surface area contributed by atoms with E-state index in [0.29, 0.717) is 11.3 Å². The maximum absolute atomic E-state index is 13.4. The van der Waals surface area contributed by atoms with Crippen molar-refractivity contribution < 1.29 is 18.3 Å². The summed E-state index contributed by atoms with van der Waals surface area (Å²) in [6.45, 7) is 2.09. The molecule has 0 aromatic heterocycles. The molecule has 0 saturated heterocycles. The summed E-state index contributed by atoms with van der Waals surface area (Å²) >= 11 is 0. The van der Waals surface area contributed by atoms with E-state index in [4.69, 9.17) is 4.74 Å². The van der Waals surface area contributed by atoms with E-state index in [0.717, 1.165) is 17.7 Å². The lowest BCUT2D eigenvalue weighted by Crippen LogP contribution is -2.45. The third kappa shape index (κ3) is 2.51. The highest BCUT2D eigenvalue weighted by atomic mass is 19.2. The monoisotopic (exact) mass is 282 g/mol. The van der Waals surface area contributed by atoms with Gasteiger partial charge in [0.2, 0.25) is 0 Å². The lowest BCUT2D eigenvalue weighted by Gasteiger charge is -2.35. The Bertz CT molecular complexity index is 572. The minimum absolute atomic E-state index is 0.256. The second-order valence-corrected chi connectivity index (χ2v) is 4.71. The van der Waals surface area contributed by atoms with Gasteiger partial charge in [-0.3, -0.25) is 0 Å². The van der Waals surface area contributed by atoms with E-state index in [1.807, 2.05) is 6.92 Å². The smallest absolute Gasteiger partial charge is 0.322 e. The van der Waals surface area contributed by atoms with Crippen LogP contribution in [0.3, 0.4) is 0 Å². The standard InChI is InChI=1S/C14H16F2N2O2/c1-8-12(7-20-3)17-14(19)18(2)13(8)9-4-5-10(15)11(16)6-9/h4-6,13H,7H2,1-3H3,(H,17,19). The second kappa shape index (κ2) is 5.58. The molecule has 2 rings (SSSR count). The molecule has 20 heavy (non-hydrogen) atoms. The molecule has 0 radical (unpaired) electrons. The maximum atomic E-state index is 13.4. The van der Waals surface area contributed by atoms with Crippen molar-refractivity contribution in [3.63, 3.8) is 0 Å². The van der Waals surface area contributed by atoms with Crippen molar-refractivity contribution in [1.29, 1.82) is 0 Å². The van der Waals surface area contributed by atoms with Gasteiger partial charge in [0.15, 0.2) is 11.6 Å². The van der Waals surface area contributed by atoms with Crippen LogP contribution in [-0.4, -0.2) is 31.7 Å². The van der Waals surface area contributed by atoms with Gasteiger partial charge >= 0.3 is 6.03 Å². The van der Waals surface area contributed by atoms with Gasteiger partial charge in [-0.1, -0.05) is 6.07 Å². The first-order valence-corrected chi connectivity index (χ1v) is 6.13. The van der Waals surface area contributed by atoms with E-state index in [9.17, 15) is 13.6 Å². The zero-order valence-electron chi connectivity index (χ0n) is 11.5. The number of urea groups is 1. The van der Waals surface area contributed by atoms with Crippen molar-refractivity contribution in [2.24, 2.45) is 0 Å². The third-order valence-electron chi connectivity index (χ3n) is 3.40. The number of nitrogens with one attached hydrogen (secondary N) is 1. The summed E-state index contributed by atoms with van der Waals surface area (Å²) < 4.78 is 31.5. The zero-order chi connectivity index (χ0) is 14.9. The number of amides is 2. The van der Waals surface area contributed by atoms with E-state index in [1.54, 1.807) is 7.05 Å². The van der Waals surface area contributed by atoms with Crippen LogP contribution in [0.4, 0.5) is 13.6 Å². The minimum Gasteiger partial charge on any atom is -0.378 e. The SMILES string of the molecule is COCC1=C(C)C(c2ccc(F)c(F)c2)N(C)C(=O)N1. The Balaban J connectivity index is 2.47. The molecule has 1 aliphatic rings. The molecule has 6 heteroatoms. The van der Waals surface area contributed by atoms with Gasteiger partial charge in [0.25, 0.3) is 0 Å². The van der Waals surface area contributed by atoms with Gasteiger partial charge in [0.1, 0.15) is 0 Å². The largest absolute Gasteiger partial charge is 0.378 e. The quantitative estimate of drug-likeness (QED) is 0.925. The first kappa shape index (κ1) is 14.5. The van der Waals surface area contributed by atoms with E-state index < -0.39 is 17.7 Å². The molecule has 0 fully saturated rings. The molecule has 0 saturated carbocycles. The van der Waals surface area contributed by atoms with Crippen LogP contribution in [0.15, 0.2) is 29.5 Å². The molecule has 0 bridgehead atoms. The molecule has 2 amide bonds. The highest BCUT2D eigenvalue weighted by Crippen LogP contribution is 2.32. The molecule has 0 spiro atoms. The van der Waals surface area contributed by atoms with Crippen molar-refractivity contribution in [2.75, 3.05) is 20.8 Å². The van der Waals surface area contributed by atoms with Crippen LogP contribution >= 0.6 is 0 Å². The normalized spacial score (nSPS) is 19.4. The van der Waals surface area contributed by atoms with Crippen LogP contribution in [-0.2, 0) is 4.74 Å². The molecular weight excluding hydrogens is 266 g/mol. The van der Waals surface area contributed by atoms with E-state index in [2.05, 4.69) is 5.32 Å². The zero-order valence-corrected chi connectivity index (χ0v) is 11.5. The van der Waals surface area contributed by atoms with Crippen molar-refractivity contribution in [3.8, 4) is 0 Å². The van der Waals surface area contributed by atoms with Crippen molar-refractivity contribution >= 4 is 6.03 Å². The number of rotatable bonds is 3. The second-order valence-electron chi connectivity index (χ2n) is 4.71. The Hall–Kier alpha value is -1.95. The summed E-state index contributed by atoms with van der Waals surface area (Å²) in [4.78, 5) is 13.4. The summed E-state index contributed by atoms with van der Waals surface area (Å²) in [6, 6.07) is 2.91. The Kier molecular flexibility index (Phi) is 4.04. The molecule has 1 aliphatic heterocycles. The van der Waals surface area contributed by atoms with Crippen LogP contribution in [0.1, 0.15) is 18.5 Å². The topological polar surface area (TPSA) is 41.6 Å². The van der Waals surface area contributed by atoms with Gasteiger partial charge in [0, 0.05) is 19.9 Å². The molecule has 1 N–H and O–H groups in total. The van der Waals surface area contributed by atoms with E-state index >= 15 is 0 Å². The molecule has 0 aliphatic carbocycles. The molecule has 4 nitrogen and oxygen atoms in total. The average Bonchev–Trinajstić information content (AvgIpc) is 2.40. The van der Waals surface area contributed by atoms with Gasteiger partial charge in [-0.2, -0.15) is 0 Å². The number of hydrogen-bond acceptors (Lipinski definition) is 2. The predicted octanol–water partition coefficient (Wildman–Crippen LogP) is 2.58. The molecular formula is C14H16F2N2O2. The number of nitrogens with zero attached hydrogens (tertiary/aromatic N) is 1. The summed E-state index contributed by atoms with van der Waals surface area (Å²) in [7, 11) is 3.13. The molecule has 1 aromatic rings. The van der Waals surface area contributed by atoms with Crippen LogP contribution in [0.5, 0.6) is 0 Å². The molecule has 1 aromatic carbocycles. The Morgan fingerprint density at radius 1 is 1.35 bits per heavy atom. The summed E-state index contributed by atoms with van der Waals surface area (Å²) in [5.41, 5.74) is 2.00. The maximum Gasteiger partial charge on any atom is 0.322 e. The Labute approximate surface area is 116 Å². The first-order valence-electron chi connectivity index (χ1n) is 6.13. The van der Waals surface area contributed by atoms with Crippen molar-refractivity contribution in [2.45, 2.75) is 13.0 Å². The number of likely N-dealkylation sites (N-methyl/N-ethyl adjacent to an activating group) is 1. The number of carbonyl (C=O) groups excluding carboxylic acids is 1. The minimum atomic E-state index is -0.928. The van der Waals surface area contributed by atoms with E-state index in [1.165, 1.54) is 18.1 Å². The Morgan fingerprint density at radius 3 is 2.65 bits per heavy atom. The van der Waals surface area contributed by atoms with Crippen LogP contribution in [0.25, 0.3) is 0 Å². The fourth-order valence-corrected chi connectivity index (χ4v) is 2.34. The third-order valence-corrected chi connectivity index (χ3v) is 3.40. The average molecular weight is 282 g/mol. The van der Waals surface area contributed by atoms with E-state index in [-0.39, 0.29) is 12.6 Å². The van der Waals surface area contributed by atoms with Crippen LogP contribution in [0.2, 0.25) is 0 Å².